The Labute approximate surface area is 74.2 Å². The molecule has 0 saturated heterocycles. The van der Waals surface area contributed by atoms with Crippen molar-refractivity contribution >= 4 is 11.8 Å². The molecule has 1 saturated carbocycles. The number of carbonyl (C=O) groups excluding carboxylic acids is 1. The number of furan rings is 1. The second-order valence-corrected chi connectivity index (χ2v) is 3.29. The standard InChI is InChI=1S/C9H8O4/c10-7-3-9(4-7,8(11)12)6-1-2-13-5-6/h1-2,5H,3-4H2,(H,11,12). The highest BCUT2D eigenvalue weighted by Gasteiger charge is 2.52. The summed E-state index contributed by atoms with van der Waals surface area (Å²) in [6, 6.07) is 1.60. The third-order valence-corrected chi connectivity index (χ3v) is 2.48. The number of carboxylic acid groups (broad SMARTS) is 1. The van der Waals surface area contributed by atoms with Gasteiger partial charge in [0.15, 0.2) is 0 Å². The molecule has 0 radical (unpaired) electrons. The number of ketones is 1. The molecule has 1 aliphatic rings. The van der Waals surface area contributed by atoms with Gasteiger partial charge in [0.25, 0.3) is 0 Å². The van der Waals surface area contributed by atoms with Crippen LogP contribution in [0, 0.1) is 0 Å². The molecule has 0 aliphatic heterocycles. The predicted octanol–water partition coefficient (Wildman–Crippen LogP) is 0.965. The maximum atomic E-state index is 11.0. The number of aliphatic carboxylic acids is 1. The van der Waals surface area contributed by atoms with Crippen LogP contribution in [0.25, 0.3) is 0 Å². The van der Waals surface area contributed by atoms with Crippen molar-refractivity contribution in [1.29, 1.82) is 0 Å². The van der Waals surface area contributed by atoms with E-state index in [9.17, 15) is 9.59 Å². The molecular formula is C9H8O4. The van der Waals surface area contributed by atoms with Crippen LogP contribution in [-0.4, -0.2) is 16.9 Å². The van der Waals surface area contributed by atoms with Crippen LogP contribution in [0.1, 0.15) is 18.4 Å². The van der Waals surface area contributed by atoms with E-state index in [1.807, 2.05) is 0 Å². The number of carboxylic acids is 1. The van der Waals surface area contributed by atoms with Crippen LogP contribution in [0.4, 0.5) is 0 Å². The Morgan fingerprint density at radius 3 is 2.62 bits per heavy atom. The van der Waals surface area contributed by atoms with Crippen LogP contribution < -0.4 is 0 Å². The van der Waals surface area contributed by atoms with E-state index < -0.39 is 11.4 Å². The lowest BCUT2D eigenvalue weighted by Gasteiger charge is -2.35. The highest BCUT2D eigenvalue weighted by atomic mass is 16.4. The van der Waals surface area contributed by atoms with E-state index in [-0.39, 0.29) is 18.6 Å². The van der Waals surface area contributed by atoms with Crippen molar-refractivity contribution in [2.45, 2.75) is 18.3 Å². The Balaban J connectivity index is 2.37. The van der Waals surface area contributed by atoms with Gasteiger partial charge in [-0.25, -0.2) is 0 Å². The van der Waals surface area contributed by atoms with E-state index in [1.54, 1.807) is 6.07 Å². The lowest BCUT2D eigenvalue weighted by atomic mass is 9.64. The molecule has 2 rings (SSSR count). The fourth-order valence-corrected chi connectivity index (χ4v) is 1.64. The van der Waals surface area contributed by atoms with E-state index in [0.717, 1.165) is 0 Å². The quantitative estimate of drug-likeness (QED) is 0.736. The monoisotopic (exact) mass is 180 g/mol. The van der Waals surface area contributed by atoms with Gasteiger partial charge in [-0.1, -0.05) is 0 Å². The Hall–Kier alpha value is -1.58. The predicted molar refractivity (Wildman–Crippen MR) is 42.3 cm³/mol. The van der Waals surface area contributed by atoms with Crippen LogP contribution in [0.2, 0.25) is 0 Å². The molecule has 1 heterocycles. The summed E-state index contributed by atoms with van der Waals surface area (Å²) in [5.41, 5.74) is -0.427. The number of hydrogen-bond donors (Lipinski definition) is 1. The fourth-order valence-electron chi connectivity index (χ4n) is 1.64. The summed E-state index contributed by atoms with van der Waals surface area (Å²) in [7, 11) is 0. The molecular weight excluding hydrogens is 172 g/mol. The molecule has 0 aromatic carbocycles. The van der Waals surface area contributed by atoms with Crippen molar-refractivity contribution in [3.63, 3.8) is 0 Å². The lowest BCUT2D eigenvalue weighted by molar-refractivity contribution is -0.153. The van der Waals surface area contributed by atoms with Crippen molar-refractivity contribution in [3.05, 3.63) is 24.2 Å². The molecule has 1 N–H and O–H groups in total. The summed E-state index contributed by atoms with van der Waals surface area (Å²) in [6.07, 6.45) is 2.98. The number of carbonyl (C=O) groups is 2. The molecule has 0 bridgehead atoms. The normalized spacial score (nSPS) is 19.5. The van der Waals surface area contributed by atoms with Gasteiger partial charge >= 0.3 is 5.97 Å². The largest absolute Gasteiger partial charge is 0.481 e. The zero-order chi connectivity index (χ0) is 9.47. The topological polar surface area (TPSA) is 67.5 Å². The van der Waals surface area contributed by atoms with E-state index in [2.05, 4.69) is 0 Å². The van der Waals surface area contributed by atoms with Gasteiger partial charge in [0.05, 0.1) is 12.5 Å². The highest BCUT2D eigenvalue weighted by molar-refractivity contribution is 6.01. The average Bonchev–Trinajstić information content (AvgIpc) is 2.49. The molecule has 1 aromatic rings. The van der Waals surface area contributed by atoms with Crippen molar-refractivity contribution in [2.24, 2.45) is 0 Å². The summed E-state index contributed by atoms with van der Waals surface area (Å²) >= 11 is 0. The molecule has 1 fully saturated rings. The van der Waals surface area contributed by atoms with Gasteiger partial charge in [0, 0.05) is 18.4 Å². The van der Waals surface area contributed by atoms with E-state index >= 15 is 0 Å². The Kier molecular flexibility index (Phi) is 1.52. The van der Waals surface area contributed by atoms with Crippen LogP contribution in [-0.2, 0) is 15.0 Å². The van der Waals surface area contributed by atoms with Crippen LogP contribution >= 0.6 is 0 Å². The molecule has 0 spiro atoms. The van der Waals surface area contributed by atoms with Crippen LogP contribution in [0.3, 0.4) is 0 Å². The SMILES string of the molecule is O=C1CC(C(=O)O)(c2ccoc2)C1. The average molecular weight is 180 g/mol. The molecule has 1 aliphatic carbocycles. The van der Waals surface area contributed by atoms with Gasteiger partial charge in [0.2, 0.25) is 0 Å². The fraction of sp³-hybridized carbons (Fsp3) is 0.333. The molecule has 4 nitrogen and oxygen atoms in total. The van der Waals surface area contributed by atoms with Crippen molar-refractivity contribution < 1.29 is 19.1 Å². The molecule has 1 aromatic heterocycles. The van der Waals surface area contributed by atoms with E-state index in [4.69, 9.17) is 9.52 Å². The first-order valence-corrected chi connectivity index (χ1v) is 3.93. The highest BCUT2D eigenvalue weighted by Crippen LogP contribution is 2.41. The summed E-state index contributed by atoms with van der Waals surface area (Å²) in [5, 5.41) is 8.98. The van der Waals surface area contributed by atoms with E-state index in [0.29, 0.717) is 5.56 Å². The second-order valence-electron chi connectivity index (χ2n) is 3.29. The first-order chi connectivity index (χ1) is 6.15. The summed E-state index contributed by atoms with van der Waals surface area (Å²) in [4.78, 5) is 21.8. The maximum Gasteiger partial charge on any atom is 0.315 e. The Morgan fingerprint density at radius 1 is 1.54 bits per heavy atom. The van der Waals surface area contributed by atoms with E-state index in [1.165, 1.54) is 12.5 Å². The first kappa shape index (κ1) is 8.04. The summed E-state index contributed by atoms with van der Waals surface area (Å²) in [5.74, 6) is -0.961. The van der Waals surface area contributed by atoms with Gasteiger partial charge in [-0.15, -0.1) is 0 Å². The summed E-state index contributed by atoms with van der Waals surface area (Å²) in [6.45, 7) is 0. The molecule has 13 heavy (non-hydrogen) atoms. The van der Waals surface area contributed by atoms with Gasteiger partial charge in [-0.05, 0) is 6.07 Å². The molecule has 4 heteroatoms. The number of hydrogen-bond acceptors (Lipinski definition) is 3. The van der Waals surface area contributed by atoms with Crippen molar-refractivity contribution in [2.75, 3.05) is 0 Å². The zero-order valence-electron chi connectivity index (χ0n) is 6.82. The molecule has 0 amide bonds. The van der Waals surface area contributed by atoms with Crippen molar-refractivity contribution in [1.82, 2.24) is 0 Å². The van der Waals surface area contributed by atoms with Crippen molar-refractivity contribution in [3.8, 4) is 0 Å². The maximum absolute atomic E-state index is 11.0. The minimum absolute atomic E-state index is 0.0106. The number of rotatable bonds is 2. The summed E-state index contributed by atoms with van der Waals surface area (Å²) < 4.78 is 4.81. The lowest BCUT2D eigenvalue weighted by Crippen LogP contribution is -2.48. The van der Waals surface area contributed by atoms with Gasteiger partial charge in [-0.3, -0.25) is 9.59 Å². The van der Waals surface area contributed by atoms with Crippen LogP contribution in [0.15, 0.2) is 23.0 Å². The molecule has 0 unspecified atom stereocenters. The zero-order valence-corrected chi connectivity index (χ0v) is 6.82. The minimum atomic E-state index is -1.01. The van der Waals surface area contributed by atoms with Gasteiger partial charge < -0.3 is 9.52 Å². The van der Waals surface area contributed by atoms with Crippen LogP contribution in [0.5, 0.6) is 0 Å². The smallest absolute Gasteiger partial charge is 0.315 e. The third kappa shape index (κ3) is 0.983. The van der Waals surface area contributed by atoms with Gasteiger partial charge in [-0.2, -0.15) is 0 Å². The second kappa shape index (κ2) is 2.45. The minimum Gasteiger partial charge on any atom is -0.481 e. The first-order valence-electron chi connectivity index (χ1n) is 3.93. The molecule has 68 valence electrons. The molecule has 0 atom stereocenters. The van der Waals surface area contributed by atoms with Gasteiger partial charge in [0.1, 0.15) is 11.2 Å². The third-order valence-electron chi connectivity index (χ3n) is 2.48. The number of Topliss-reactive ketones (excluding diaryl/α,β-unsaturated/α-hetero) is 1. The Bertz CT molecular complexity index is 342. The Morgan fingerprint density at radius 2 is 2.23 bits per heavy atom.